The molecule has 0 saturated carbocycles. The second-order valence-corrected chi connectivity index (χ2v) is 2.69. The van der Waals surface area contributed by atoms with Crippen molar-refractivity contribution in [2.24, 2.45) is 0 Å². The number of hydrogen-bond donors (Lipinski definition) is 1. The van der Waals surface area contributed by atoms with Crippen molar-refractivity contribution in [1.29, 1.82) is 0 Å². The lowest BCUT2D eigenvalue weighted by Gasteiger charge is -1.99. The van der Waals surface area contributed by atoms with E-state index >= 15 is 0 Å². The molecule has 11 heavy (non-hydrogen) atoms. The molecule has 0 heterocycles. The van der Waals surface area contributed by atoms with E-state index in [1.54, 1.807) is 0 Å². The third-order valence-corrected chi connectivity index (χ3v) is 1.59. The van der Waals surface area contributed by atoms with Crippen molar-refractivity contribution in [3.8, 4) is 0 Å². The highest BCUT2D eigenvalue weighted by atomic mass is 35.5. The minimum absolute atomic E-state index is 0.777. The molecule has 1 aromatic rings. The normalized spacial score (nSPS) is 10.0. The number of hydrogen-bond acceptors (Lipinski definition) is 1. The first kappa shape index (κ1) is 8.57. The minimum atomic E-state index is 0.777. The minimum Gasteiger partial charge on any atom is -0.309 e. The summed E-state index contributed by atoms with van der Waals surface area (Å²) in [5, 5.41) is 3.89. The van der Waals surface area contributed by atoms with Gasteiger partial charge in [0, 0.05) is 5.02 Å². The van der Waals surface area contributed by atoms with Crippen molar-refractivity contribution in [2.45, 2.75) is 6.92 Å². The average molecular weight is 169 g/mol. The van der Waals surface area contributed by atoms with E-state index in [4.69, 9.17) is 11.6 Å². The zero-order valence-corrected chi connectivity index (χ0v) is 7.23. The quantitative estimate of drug-likeness (QED) is 0.731. The van der Waals surface area contributed by atoms with Crippen LogP contribution in [0.2, 0.25) is 5.02 Å². The molecule has 1 radical (unpaired) electrons. The molecule has 0 aliphatic rings. The first-order chi connectivity index (χ1) is 5.33. The van der Waals surface area contributed by atoms with Gasteiger partial charge in [0.05, 0.1) is 6.54 Å². The van der Waals surface area contributed by atoms with Crippen LogP contribution in [-0.4, -0.2) is 6.54 Å². The summed E-state index contributed by atoms with van der Waals surface area (Å²) < 4.78 is 0. The smallest absolute Gasteiger partial charge is 0.0518 e. The van der Waals surface area contributed by atoms with Crippen LogP contribution in [0.25, 0.3) is 0 Å². The second kappa shape index (κ2) is 4.37. The van der Waals surface area contributed by atoms with Gasteiger partial charge in [0.25, 0.3) is 0 Å². The molecule has 1 nitrogen and oxygen atoms in total. The van der Waals surface area contributed by atoms with E-state index in [0.29, 0.717) is 0 Å². The van der Waals surface area contributed by atoms with Crippen LogP contribution < -0.4 is 5.32 Å². The standard InChI is InChI=1S/C9H11ClN/c1-2-11-7-8-3-5-9(10)6-4-8/h3-7,11H,2H2,1H3. The topological polar surface area (TPSA) is 12.0 Å². The van der Waals surface area contributed by atoms with Gasteiger partial charge in [0.1, 0.15) is 0 Å². The Morgan fingerprint density at radius 3 is 2.55 bits per heavy atom. The first-order valence-corrected chi connectivity index (χ1v) is 4.03. The molecule has 0 spiro atoms. The Morgan fingerprint density at radius 2 is 2.00 bits per heavy atom. The molecule has 0 fully saturated rings. The van der Waals surface area contributed by atoms with E-state index in [0.717, 1.165) is 17.1 Å². The van der Waals surface area contributed by atoms with Crippen molar-refractivity contribution in [3.05, 3.63) is 41.4 Å². The Hall–Kier alpha value is -0.530. The highest BCUT2D eigenvalue weighted by Gasteiger charge is 1.90. The second-order valence-electron chi connectivity index (χ2n) is 2.25. The van der Waals surface area contributed by atoms with Gasteiger partial charge in [0.2, 0.25) is 0 Å². The summed E-state index contributed by atoms with van der Waals surface area (Å²) in [5.41, 5.74) is 1.15. The van der Waals surface area contributed by atoms with Crippen LogP contribution >= 0.6 is 11.6 Å². The highest BCUT2D eigenvalue weighted by molar-refractivity contribution is 6.30. The lowest BCUT2D eigenvalue weighted by Crippen LogP contribution is -2.08. The molecule has 1 rings (SSSR count). The molecule has 0 atom stereocenters. The summed E-state index contributed by atoms with van der Waals surface area (Å²) in [6.07, 6.45) is 0. The first-order valence-electron chi connectivity index (χ1n) is 3.65. The Labute approximate surface area is 72.4 Å². The van der Waals surface area contributed by atoms with E-state index in [2.05, 4.69) is 12.2 Å². The van der Waals surface area contributed by atoms with Gasteiger partial charge in [-0.15, -0.1) is 0 Å². The Bertz CT molecular complexity index is 205. The number of rotatable bonds is 3. The van der Waals surface area contributed by atoms with Gasteiger partial charge in [-0.1, -0.05) is 30.7 Å². The third kappa shape index (κ3) is 2.91. The molecular formula is C9H11ClN. The molecule has 0 bridgehead atoms. The van der Waals surface area contributed by atoms with Crippen molar-refractivity contribution < 1.29 is 0 Å². The van der Waals surface area contributed by atoms with Crippen molar-refractivity contribution in [3.63, 3.8) is 0 Å². The van der Waals surface area contributed by atoms with Crippen LogP contribution in [0.15, 0.2) is 24.3 Å². The molecule has 1 aromatic carbocycles. The molecule has 2 heteroatoms. The summed E-state index contributed by atoms with van der Waals surface area (Å²) in [4.78, 5) is 0. The van der Waals surface area contributed by atoms with Gasteiger partial charge in [-0.3, -0.25) is 0 Å². The van der Waals surface area contributed by atoms with Crippen LogP contribution in [0.4, 0.5) is 0 Å². The number of halogens is 1. The summed E-state index contributed by atoms with van der Waals surface area (Å²) in [7, 11) is 0. The Kier molecular flexibility index (Phi) is 3.40. The predicted octanol–water partition coefficient (Wildman–Crippen LogP) is 2.46. The van der Waals surface area contributed by atoms with Gasteiger partial charge in [-0.25, -0.2) is 0 Å². The van der Waals surface area contributed by atoms with E-state index in [-0.39, 0.29) is 0 Å². The lowest BCUT2D eigenvalue weighted by atomic mass is 10.2. The highest BCUT2D eigenvalue weighted by Crippen LogP contribution is 2.09. The molecule has 0 aliphatic heterocycles. The fourth-order valence-corrected chi connectivity index (χ4v) is 0.905. The van der Waals surface area contributed by atoms with Crippen LogP contribution in [0.5, 0.6) is 0 Å². The van der Waals surface area contributed by atoms with Crippen molar-refractivity contribution in [2.75, 3.05) is 6.54 Å². The van der Waals surface area contributed by atoms with Crippen LogP contribution in [0.3, 0.4) is 0 Å². The fourth-order valence-electron chi connectivity index (χ4n) is 0.779. The van der Waals surface area contributed by atoms with E-state index in [1.807, 2.05) is 30.8 Å². The van der Waals surface area contributed by atoms with E-state index in [9.17, 15) is 0 Å². The van der Waals surface area contributed by atoms with Gasteiger partial charge in [-0.2, -0.15) is 0 Å². The average Bonchev–Trinajstić information content (AvgIpc) is 2.04. The maximum Gasteiger partial charge on any atom is 0.0518 e. The summed E-state index contributed by atoms with van der Waals surface area (Å²) in [6.45, 7) is 4.98. The summed E-state index contributed by atoms with van der Waals surface area (Å²) in [6, 6.07) is 7.71. The molecule has 0 aliphatic carbocycles. The molecule has 0 unspecified atom stereocenters. The number of benzene rings is 1. The molecule has 1 N–H and O–H groups in total. The molecular weight excluding hydrogens is 158 g/mol. The van der Waals surface area contributed by atoms with E-state index < -0.39 is 0 Å². The molecule has 0 saturated heterocycles. The largest absolute Gasteiger partial charge is 0.309 e. The molecule has 59 valence electrons. The SMILES string of the molecule is CCN[CH]c1ccc(Cl)cc1. The monoisotopic (exact) mass is 168 g/mol. The third-order valence-electron chi connectivity index (χ3n) is 1.34. The summed E-state index contributed by atoms with van der Waals surface area (Å²) >= 11 is 5.71. The van der Waals surface area contributed by atoms with E-state index in [1.165, 1.54) is 0 Å². The molecule has 0 amide bonds. The maximum atomic E-state index is 5.71. The van der Waals surface area contributed by atoms with Crippen LogP contribution in [-0.2, 0) is 0 Å². The lowest BCUT2D eigenvalue weighted by molar-refractivity contribution is 0.863. The Balaban J connectivity index is 2.52. The van der Waals surface area contributed by atoms with Gasteiger partial charge in [-0.05, 0) is 24.2 Å². The van der Waals surface area contributed by atoms with Crippen molar-refractivity contribution >= 4 is 11.6 Å². The van der Waals surface area contributed by atoms with Crippen molar-refractivity contribution in [1.82, 2.24) is 5.32 Å². The Morgan fingerprint density at radius 1 is 1.36 bits per heavy atom. The van der Waals surface area contributed by atoms with Crippen LogP contribution in [0.1, 0.15) is 12.5 Å². The zero-order valence-electron chi connectivity index (χ0n) is 6.47. The van der Waals surface area contributed by atoms with Gasteiger partial charge in [0.15, 0.2) is 0 Å². The van der Waals surface area contributed by atoms with Gasteiger partial charge < -0.3 is 5.32 Å². The van der Waals surface area contributed by atoms with Gasteiger partial charge >= 0.3 is 0 Å². The fraction of sp³-hybridized carbons (Fsp3) is 0.222. The zero-order chi connectivity index (χ0) is 8.10. The van der Waals surface area contributed by atoms with Crippen LogP contribution in [0, 0.1) is 6.54 Å². The summed E-state index contributed by atoms with van der Waals surface area (Å²) in [5.74, 6) is 0. The predicted molar refractivity (Wildman–Crippen MR) is 48.5 cm³/mol. The number of nitrogens with one attached hydrogen (secondary N) is 1. The maximum absolute atomic E-state index is 5.71. The molecule has 0 aromatic heterocycles.